The highest BCUT2D eigenvalue weighted by atomic mass is 15.2. The van der Waals surface area contributed by atoms with Crippen molar-refractivity contribution in [3.63, 3.8) is 0 Å². The molecule has 0 atom stereocenters. The van der Waals surface area contributed by atoms with Crippen LogP contribution < -0.4 is 0 Å². The fourth-order valence-corrected chi connectivity index (χ4v) is 10.5. The Hall–Kier alpha value is -8.41. The van der Waals surface area contributed by atoms with E-state index in [4.69, 9.17) is 15.0 Å². The fraction of sp³-hybridized carbons (Fsp3) is 0.0500. The molecule has 5 heteroatoms. The maximum atomic E-state index is 5.46. The van der Waals surface area contributed by atoms with Crippen LogP contribution in [0.1, 0.15) is 25.0 Å². The van der Waals surface area contributed by atoms with Gasteiger partial charge in [-0.3, -0.25) is 4.57 Å². The summed E-state index contributed by atoms with van der Waals surface area (Å²) in [5, 5.41) is 4.61. The first-order valence-corrected chi connectivity index (χ1v) is 22.3. The van der Waals surface area contributed by atoms with Crippen LogP contribution in [0.2, 0.25) is 0 Å². The average molecular weight is 832 g/mol. The molecule has 0 radical (unpaired) electrons. The van der Waals surface area contributed by atoms with Crippen molar-refractivity contribution in [2.75, 3.05) is 0 Å². The molecule has 3 heterocycles. The van der Waals surface area contributed by atoms with Gasteiger partial charge in [-0.15, -0.1) is 0 Å². The number of aromatic nitrogens is 5. The Morgan fingerprint density at radius 2 is 0.815 bits per heavy atom. The number of benzene rings is 9. The first kappa shape index (κ1) is 37.2. The lowest BCUT2D eigenvalue weighted by Gasteiger charge is -2.21. The second-order valence-corrected chi connectivity index (χ2v) is 17.6. The Morgan fingerprint density at radius 1 is 0.338 bits per heavy atom. The molecule has 0 N–H and O–H groups in total. The summed E-state index contributed by atoms with van der Waals surface area (Å²) in [6.45, 7) is 4.63. The smallest absolute Gasteiger partial charge is 0.238 e. The molecule has 0 spiro atoms. The molecular formula is C60H41N5. The Morgan fingerprint density at radius 3 is 1.48 bits per heavy atom. The van der Waals surface area contributed by atoms with Gasteiger partial charge in [-0.2, -0.15) is 9.97 Å². The summed E-state index contributed by atoms with van der Waals surface area (Å²) in [4.78, 5) is 16.1. The zero-order chi connectivity index (χ0) is 43.2. The Balaban J connectivity index is 1.07. The molecule has 0 bridgehead atoms. The van der Waals surface area contributed by atoms with E-state index in [0.29, 0.717) is 17.6 Å². The molecule has 9 aromatic carbocycles. The van der Waals surface area contributed by atoms with Crippen LogP contribution in [0, 0.1) is 0 Å². The van der Waals surface area contributed by atoms with Gasteiger partial charge in [0.25, 0.3) is 0 Å². The Bertz CT molecular complexity index is 3840. The average Bonchev–Trinajstić information content (AvgIpc) is 3.97. The molecule has 0 amide bonds. The number of hydrogen-bond acceptors (Lipinski definition) is 3. The van der Waals surface area contributed by atoms with E-state index in [1.54, 1.807) is 0 Å². The van der Waals surface area contributed by atoms with E-state index < -0.39 is 0 Å². The van der Waals surface area contributed by atoms with Crippen LogP contribution in [-0.4, -0.2) is 24.1 Å². The standard InChI is InChI=1S/C60H41N5/c1-60(2)51-26-14-11-23-45(51)50-37-41(31-36-52(50)60)58-61-57(40-19-7-4-8-20-40)62-59(63-58)65-54-28-16-13-25-47(54)49-35-34-48-46-24-12-15-27-53(46)64(55(48)56(49)65)42-32-29-39(30-33-42)44-22-10-9-21-43(44)38-17-5-3-6-18-38/h3-37H,1-2H3. The maximum absolute atomic E-state index is 5.46. The molecule has 3 aromatic heterocycles. The summed E-state index contributed by atoms with van der Waals surface area (Å²) in [5.41, 5.74) is 17.1. The van der Waals surface area contributed by atoms with Crippen LogP contribution in [0.3, 0.4) is 0 Å². The number of nitrogens with zero attached hydrogens (tertiary/aromatic N) is 5. The first-order valence-electron chi connectivity index (χ1n) is 22.3. The normalized spacial score (nSPS) is 12.9. The monoisotopic (exact) mass is 831 g/mol. The van der Waals surface area contributed by atoms with Crippen LogP contribution in [0.4, 0.5) is 0 Å². The quantitative estimate of drug-likeness (QED) is 0.168. The SMILES string of the molecule is CC1(C)c2ccccc2-c2cc(-c3nc(-c4ccccc4)nc(-n4c5ccccc5c5ccc6c7ccccc7n(-c7ccc(-c8ccccc8-c8ccccc8)cc7)c6c54)n3)ccc21. The van der Waals surface area contributed by atoms with Crippen molar-refractivity contribution in [2.45, 2.75) is 19.3 Å². The molecule has 306 valence electrons. The third-order valence-electron chi connectivity index (χ3n) is 13.6. The van der Waals surface area contributed by atoms with Crippen LogP contribution in [0.15, 0.2) is 212 Å². The van der Waals surface area contributed by atoms with Gasteiger partial charge in [0.05, 0.1) is 22.1 Å². The molecule has 0 saturated carbocycles. The minimum absolute atomic E-state index is 0.107. The van der Waals surface area contributed by atoms with Crippen LogP contribution in [0.5, 0.6) is 0 Å². The summed E-state index contributed by atoms with van der Waals surface area (Å²) in [7, 11) is 0. The molecule has 1 aliphatic carbocycles. The molecule has 0 fully saturated rings. The van der Waals surface area contributed by atoms with Crippen molar-refractivity contribution < 1.29 is 0 Å². The number of para-hydroxylation sites is 2. The number of fused-ring (bicyclic) bond motifs is 10. The minimum Gasteiger partial charge on any atom is -0.307 e. The van der Waals surface area contributed by atoms with E-state index in [0.717, 1.165) is 60.6 Å². The van der Waals surface area contributed by atoms with Gasteiger partial charge in [-0.1, -0.05) is 196 Å². The van der Waals surface area contributed by atoms with Crippen LogP contribution in [0.25, 0.3) is 111 Å². The van der Waals surface area contributed by atoms with E-state index in [9.17, 15) is 0 Å². The van der Waals surface area contributed by atoms with Gasteiger partial charge in [0.15, 0.2) is 11.6 Å². The lowest BCUT2D eigenvalue weighted by Crippen LogP contribution is -2.14. The summed E-state index contributed by atoms with van der Waals surface area (Å²) in [5.74, 6) is 1.82. The number of hydrogen-bond donors (Lipinski definition) is 0. The molecule has 0 saturated heterocycles. The second-order valence-electron chi connectivity index (χ2n) is 17.6. The van der Waals surface area contributed by atoms with E-state index in [1.807, 2.05) is 18.2 Å². The molecule has 5 nitrogen and oxygen atoms in total. The third kappa shape index (κ3) is 5.68. The highest BCUT2D eigenvalue weighted by Gasteiger charge is 2.35. The highest BCUT2D eigenvalue weighted by molar-refractivity contribution is 6.23. The molecular weight excluding hydrogens is 791 g/mol. The van der Waals surface area contributed by atoms with E-state index in [-0.39, 0.29) is 5.41 Å². The molecule has 0 aliphatic heterocycles. The second kappa shape index (κ2) is 14.3. The van der Waals surface area contributed by atoms with Crippen molar-refractivity contribution in [2.24, 2.45) is 0 Å². The predicted molar refractivity (Wildman–Crippen MR) is 268 cm³/mol. The van der Waals surface area contributed by atoms with Gasteiger partial charge in [0, 0.05) is 43.8 Å². The van der Waals surface area contributed by atoms with Gasteiger partial charge in [-0.05, 0) is 74.8 Å². The summed E-state index contributed by atoms with van der Waals surface area (Å²) in [6, 6.07) is 76.0. The summed E-state index contributed by atoms with van der Waals surface area (Å²) < 4.78 is 4.70. The van der Waals surface area contributed by atoms with Gasteiger partial charge in [-0.25, -0.2) is 4.98 Å². The number of rotatable bonds is 6. The zero-order valence-electron chi connectivity index (χ0n) is 35.9. The van der Waals surface area contributed by atoms with Gasteiger partial charge in [0.2, 0.25) is 5.95 Å². The van der Waals surface area contributed by atoms with E-state index >= 15 is 0 Å². The topological polar surface area (TPSA) is 48.5 Å². The summed E-state index contributed by atoms with van der Waals surface area (Å²) >= 11 is 0. The summed E-state index contributed by atoms with van der Waals surface area (Å²) in [6.07, 6.45) is 0. The lowest BCUT2D eigenvalue weighted by atomic mass is 9.82. The minimum atomic E-state index is -0.107. The Kier molecular flexibility index (Phi) is 8.18. The van der Waals surface area contributed by atoms with Crippen LogP contribution >= 0.6 is 0 Å². The maximum Gasteiger partial charge on any atom is 0.238 e. The first-order chi connectivity index (χ1) is 32.0. The van der Waals surface area contributed by atoms with E-state index in [1.165, 1.54) is 44.3 Å². The fourth-order valence-electron chi connectivity index (χ4n) is 10.5. The third-order valence-corrected chi connectivity index (χ3v) is 13.6. The lowest BCUT2D eigenvalue weighted by molar-refractivity contribution is 0.660. The zero-order valence-corrected chi connectivity index (χ0v) is 35.9. The van der Waals surface area contributed by atoms with Crippen molar-refractivity contribution in [1.82, 2.24) is 24.1 Å². The molecule has 0 unspecified atom stereocenters. The van der Waals surface area contributed by atoms with Gasteiger partial charge >= 0.3 is 0 Å². The van der Waals surface area contributed by atoms with Gasteiger partial charge in [0.1, 0.15) is 0 Å². The molecule has 13 rings (SSSR count). The van der Waals surface area contributed by atoms with Crippen molar-refractivity contribution >= 4 is 43.6 Å². The molecule has 65 heavy (non-hydrogen) atoms. The van der Waals surface area contributed by atoms with Crippen LogP contribution in [-0.2, 0) is 5.41 Å². The highest BCUT2D eigenvalue weighted by Crippen LogP contribution is 2.49. The largest absolute Gasteiger partial charge is 0.307 e. The van der Waals surface area contributed by atoms with E-state index in [2.05, 4.69) is 217 Å². The molecule has 1 aliphatic rings. The van der Waals surface area contributed by atoms with Gasteiger partial charge < -0.3 is 4.57 Å². The predicted octanol–water partition coefficient (Wildman–Crippen LogP) is 15.0. The van der Waals surface area contributed by atoms with Crippen molar-refractivity contribution in [3.05, 3.63) is 223 Å². The van der Waals surface area contributed by atoms with Crippen molar-refractivity contribution in [1.29, 1.82) is 0 Å². The Labute approximate surface area is 376 Å². The van der Waals surface area contributed by atoms with Crippen molar-refractivity contribution in [3.8, 4) is 67.8 Å². The molecule has 12 aromatic rings.